The molecule has 0 bridgehead atoms. The predicted molar refractivity (Wildman–Crippen MR) is 59.9 cm³/mol. The summed E-state index contributed by atoms with van der Waals surface area (Å²) in [6.45, 7) is 11.5. The minimum absolute atomic E-state index is 0.481. The first-order valence-electron chi connectivity index (χ1n) is 4.72. The van der Waals surface area contributed by atoms with Crippen molar-refractivity contribution in [2.75, 3.05) is 12.3 Å². The monoisotopic (exact) mass is 187 g/mol. The second-order valence-corrected chi connectivity index (χ2v) is 4.42. The Morgan fingerprint density at radius 3 is 2.58 bits per heavy atom. The zero-order valence-corrected chi connectivity index (χ0v) is 9.29. The molecule has 2 unspecified atom stereocenters. The number of thioether (sulfide) groups is 1. The van der Waals surface area contributed by atoms with Crippen LogP contribution in [0.2, 0.25) is 0 Å². The summed E-state index contributed by atoms with van der Waals surface area (Å²) in [4.78, 5) is 0. The van der Waals surface area contributed by atoms with E-state index < -0.39 is 0 Å². The Bertz CT molecular complexity index is 114. The van der Waals surface area contributed by atoms with Gasteiger partial charge in [0.05, 0.1) is 0 Å². The molecule has 0 heterocycles. The molecule has 72 valence electrons. The van der Waals surface area contributed by atoms with E-state index in [1.165, 1.54) is 6.42 Å². The van der Waals surface area contributed by atoms with E-state index in [0.717, 1.165) is 17.5 Å². The van der Waals surface area contributed by atoms with E-state index in [1.54, 1.807) is 0 Å². The van der Waals surface area contributed by atoms with E-state index in [-0.39, 0.29) is 0 Å². The van der Waals surface area contributed by atoms with E-state index >= 15 is 0 Å². The van der Waals surface area contributed by atoms with Crippen LogP contribution < -0.4 is 5.32 Å². The average Bonchev–Trinajstić information content (AvgIpc) is 2.11. The lowest BCUT2D eigenvalue weighted by Crippen LogP contribution is -2.29. The second-order valence-electron chi connectivity index (χ2n) is 2.95. The molecular formula is C10H21NS. The summed E-state index contributed by atoms with van der Waals surface area (Å²) in [6, 6.07) is 0.481. The molecule has 0 amide bonds. The first kappa shape index (κ1) is 12.0. The van der Waals surface area contributed by atoms with Crippen molar-refractivity contribution in [3.05, 3.63) is 12.7 Å². The number of likely N-dealkylation sites (N-methyl/N-ethyl adjacent to an activating group) is 1. The molecule has 0 aromatic rings. The molecule has 0 rings (SSSR count). The van der Waals surface area contributed by atoms with Gasteiger partial charge in [0.1, 0.15) is 0 Å². The van der Waals surface area contributed by atoms with Gasteiger partial charge in [-0.2, -0.15) is 11.8 Å². The third-order valence-corrected chi connectivity index (χ3v) is 3.34. The van der Waals surface area contributed by atoms with Crippen molar-refractivity contribution in [2.24, 2.45) is 0 Å². The molecule has 0 saturated carbocycles. The number of rotatable bonds is 7. The fraction of sp³-hybridized carbons (Fsp3) is 0.800. The molecular weight excluding hydrogens is 166 g/mol. The molecule has 0 fully saturated rings. The third kappa shape index (κ3) is 5.67. The van der Waals surface area contributed by atoms with E-state index in [0.29, 0.717) is 6.04 Å². The summed E-state index contributed by atoms with van der Waals surface area (Å²) in [5.74, 6) is 1.15. The van der Waals surface area contributed by atoms with Crippen molar-refractivity contribution in [2.45, 2.75) is 38.5 Å². The van der Waals surface area contributed by atoms with Crippen LogP contribution >= 0.6 is 11.8 Å². The molecule has 0 aliphatic heterocycles. The van der Waals surface area contributed by atoms with Crippen molar-refractivity contribution < 1.29 is 0 Å². The summed E-state index contributed by atoms with van der Waals surface area (Å²) in [5.41, 5.74) is 0. The molecule has 0 radical (unpaired) electrons. The van der Waals surface area contributed by atoms with E-state index in [2.05, 4.69) is 32.7 Å². The van der Waals surface area contributed by atoms with Crippen LogP contribution in [0.1, 0.15) is 27.2 Å². The van der Waals surface area contributed by atoms with Crippen molar-refractivity contribution >= 4 is 11.8 Å². The van der Waals surface area contributed by atoms with Gasteiger partial charge in [0, 0.05) is 17.0 Å². The Labute approximate surface area is 81.0 Å². The Hall–Kier alpha value is 0.0500. The summed E-state index contributed by atoms with van der Waals surface area (Å²) >= 11 is 2.02. The Balaban J connectivity index is 3.49. The topological polar surface area (TPSA) is 12.0 Å². The van der Waals surface area contributed by atoms with Crippen molar-refractivity contribution in [1.82, 2.24) is 5.32 Å². The first-order chi connectivity index (χ1) is 5.74. The first-order valence-corrected chi connectivity index (χ1v) is 5.77. The Morgan fingerprint density at radius 2 is 2.17 bits per heavy atom. The van der Waals surface area contributed by atoms with Gasteiger partial charge in [-0.25, -0.2) is 0 Å². The predicted octanol–water partition coefficient (Wildman–Crippen LogP) is 2.68. The van der Waals surface area contributed by atoms with Gasteiger partial charge in [0.15, 0.2) is 0 Å². The standard InChI is InChI=1S/C10H21NS/c1-5-9(4)12-8-10(6-2)11-7-3/h6,9-11H,2,5,7-8H2,1,3-4H3. The van der Waals surface area contributed by atoms with Gasteiger partial charge in [0.2, 0.25) is 0 Å². The van der Waals surface area contributed by atoms with Gasteiger partial charge in [0.25, 0.3) is 0 Å². The van der Waals surface area contributed by atoms with Crippen LogP contribution in [-0.4, -0.2) is 23.6 Å². The zero-order valence-electron chi connectivity index (χ0n) is 8.47. The average molecular weight is 187 g/mol. The molecule has 0 aromatic carbocycles. The fourth-order valence-electron chi connectivity index (χ4n) is 0.858. The summed E-state index contributed by atoms with van der Waals surface area (Å²) in [6.07, 6.45) is 3.25. The van der Waals surface area contributed by atoms with Crippen LogP contribution in [0.4, 0.5) is 0 Å². The van der Waals surface area contributed by atoms with Crippen LogP contribution in [-0.2, 0) is 0 Å². The smallest absolute Gasteiger partial charge is 0.0338 e. The zero-order chi connectivity index (χ0) is 9.40. The number of hydrogen-bond donors (Lipinski definition) is 1. The van der Waals surface area contributed by atoms with Gasteiger partial charge in [-0.05, 0) is 13.0 Å². The van der Waals surface area contributed by atoms with Crippen LogP contribution in [0.15, 0.2) is 12.7 Å². The van der Waals surface area contributed by atoms with Crippen LogP contribution in [0.3, 0.4) is 0 Å². The molecule has 1 N–H and O–H groups in total. The van der Waals surface area contributed by atoms with Crippen molar-refractivity contribution in [3.8, 4) is 0 Å². The maximum atomic E-state index is 3.81. The number of hydrogen-bond acceptors (Lipinski definition) is 2. The lowest BCUT2D eigenvalue weighted by atomic mass is 10.3. The van der Waals surface area contributed by atoms with Crippen LogP contribution in [0.25, 0.3) is 0 Å². The maximum absolute atomic E-state index is 3.81. The van der Waals surface area contributed by atoms with E-state index in [1.807, 2.05) is 17.8 Å². The quantitative estimate of drug-likeness (QED) is 0.615. The van der Waals surface area contributed by atoms with Crippen molar-refractivity contribution in [3.63, 3.8) is 0 Å². The normalized spacial score (nSPS) is 15.6. The molecule has 2 heteroatoms. The molecule has 2 atom stereocenters. The van der Waals surface area contributed by atoms with Crippen LogP contribution in [0.5, 0.6) is 0 Å². The Morgan fingerprint density at radius 1 is 1.50 bits per heavy atom. The SMILES string of the molecule is C=CC(CSC(C)CC)NCC. The minimum Gasteiger partial charge on any atom is -0.310 e. The highest BCUT2D eigenvalue weighted by atomic mass is 32.2. The van der Waals surface area contributed by atoms with Gasteiger partial charge in [-0.3, -0.25) is 0 Å². The van der Waals surface area contributed by atoms with Crippen molar-refractivity contribution in [1.29, 1.82) is 0 Å². The molecule has 1 nitrogen and oxygen atoms in total. The largest absolute Gasteiger partial charge is 0.310 e. The molecule has 12 heavy (non-hydrogen) atoms. The lowest BCUT2D eigenvalue weighted by molar-refractivity contribution is 0.668. The van der Waals surface area contributed by atoms with Gasteiger partial charge in [-0.15, -0.1) is 6.58 Å². The van der Waals surface area contributed by atoms with E-state index in [9.17, 15) is 0 Å². The molecule has 0 spiro atoms. The lowest BCUT2D eigenvalue weighted by Gasteiger charge is -2.15. The maximum Gasteiger partial charge on any atom is 0.0338 e. The highest BCUT2D eigenvalue weighted by molar-refractivity contribution is 7.99. The molecule has 0 saturated heterocycles. The third-order valence-electron chi connectivity index (χ3n) is 1.89. The minimum atomic E-state index is 0.481. The Kier molecular flexibility index (Phi) is 7.72. The molecule has 0 aromatic heterocycles. The number of nitrogens with one attached hydrogen (secondary N) is 1. The summed E-state index contributed by atoms with van der Waals surface area (Å²) in [5, 5.41) is 4.14. The highest BCUT2D eigenvalue weighted by Crippen LogP contribution is 2.14. The summed E-state index contributed by atoms with van der Waals surface area (Å²) in [7, 11) is 0. The van der Waals surface area contributed by atoms with E-state index in [4.69, 9.17) is 0 Å². The molecule has 0 aliphatic carbocycles. The fourth-order valence-corrected chi connectivity index (χ4v) is 1.88. The second kappa shape index (κ2) is 7.69. The highest BCUT2D eigenvalue weighted by Gasteiger charge is 2.04. The molecule has 0 aliphatic rings. The van der Waals surface area contributed by atoms with Crippen LogP contribution in [0, 0.1) is 0 Å². The van der Waals surface area contributed by atoms with Gasteiger partial charge < -0.3 is 5.32 Å². The van der Waals surface area contributed by atoms with Gasteiger partial charge in [-0.1, -0.05) is 26.8 Å². The summed E-state index contributed by atoms with van der Waals surface area (Å²) < 4.78 is 0. The van der Waals surface area contributed by atoms with Gasteiger partial charge >= 0.3 is 0 Å².